The molecule has 0 bridgehead atoms. The molecule has 0 saturated heterocycles. The minimum absolute atomic E-state index is 0.328. The molecule has 2 aromatic rings. The number of halogens is 2. The van der Waals surface area contributed by atoms with Crippen LogP contribution < -0.4 is 11.3 Å². The Labute approximate surface area is 113 Å². The molecule has 0 spiro atoms. The van der Waals surface area contributed by atoms with Crippen LogP contribution in [0.3, 0.4) is 0 Å². The topological polar surface area (TPSA) is 55.9 Å². The zero-order valence-corrected chi connectivity index (χ0v) is 11.5. The van der Waals surface area contributed by atoms with E-state index < -0.39 is 6.04 Å². The van der Waals surface area contributed by atoms with Crippen LogP contribution in [0.5, 0.6) is 0 Å². The zero-order chi connectivity index (χ0) is 13.1. The van der Waals surface area contributed by atoms with Crippen molar-refractivity contribution < 1.29 is 4.39 Å². The molecule has 3 N–H and O–H groups in total. The first kappa shape index (κ1) is 13.2. The highest BCUT2D eigenvalue weighted by atomic mass is 79.9. The van der Waals surface area contributed by atoms with Gasteiger partial charge in [-0.1, -0.05) is 12.1 Å². The summed E-state index contributed by atoms with van der Waals surface area (Å²) in [7, 11) is 0. The van der Waals surface area contributed by atoms with Gasteiger partial charge in [0, 0.05) is 24.5 Å². The van der Waals surface area contributed by atoms with Gasteiger partial charge in [-0.15, -0.1) is 0 Å². The molecule has 2 rings (SSSR count). The number of nitrogens with zero attached hydrogens (tertiary/aromatic N) is 2. The van der Waals surface area contributed by atoms with E-state index >= 15 is 0 Å². The maximum atomic E-state index is 14.1. The van der Waals surface area contributed by atoms with Crippen molar-refractivity contribution in [2.75, 3.05) is 0 Å². The second kappa shape index (κ2) is 5.60. The Morgan fingerprint density at radius 1 is 1.56 bits per heavy atom. The second-order valence-electron chi connectivity index (χ2n) is 3.81. The van der Waals surface area contributed by atoms with Crippen LogP contribution in [0.15, 0.2) is 35.1 Å². The number of hydrogen-bond acceptors (Lipinski definition) is 3. The minimum Gasteiger partial charge on any atom is -0.334 e. The summed E-state index contributed by atoms with van der Waals surface area (Å²) in [6.45, 7) is 2.75. The zero-order valence-electron chi connectivity index (χ0n) is 9.90. The average Bonchev–Trinajstić information content (AvgIpc) is 2.83. The van der Waals surface area contributed by atoms with E-state index in [-0.39, 0.29) is 5.82 Å². The van der Waals surface area contributed by atoms with Gasteiger partial charge in [-0.25, -0.2) is 14.8 Å². The standard InChI is InChI=1S/C12H14BrFN4/c1-2-18-7-6-16-12(18)11(17-15)8-4-3-5-9(13)10(8)14/h3-7,11,17H,2,15H2,1H3. The van der Waals surface area contributed by atoms with E-state index in [1.165, 1.54) is 0 Å². The highest BCUT2D eigenvalue weighted by Gasteiger charge is 2.21. The molecule has 0 amide bonds. The van der Waals surface area contributed by atoms with Crippen LogP contribution in [-0.4, -0.2) is 9.55 Å². The molecule has 6 heteroatoms. The molecule has 1 heterocycles. The van der Waals surface area contributed by atoms with E-state index in [0.717, 1.165) is 6.54 Å². The fraction of sp³-hybridized carbons (Fsp3) is 0.250. The lowest BCUT2D eigenvalue weighted by Gasteiger charge is -2.18. The molecule has 1 unspecified atom stereocenters. The third-order valence-electron chi connectivity index (χ3n) is 2.81. The molecule has 0 saturated carbocycles. The van der Waals surface area contributed by atoms with Crippen molar-refractivity contribution in [1.29, 1.82) is 0 Å². The maximum Gasteiger partial charge on any atom is 0.142 e. The molecule has 1 aromatic carbocycles. The molecule has 1 atom stereocenters. The van der Waals surface area contributed by atoms with Gasteiger partial charge in [-0.3, -0.25) is 5.84 Å². The van der Waals surface area contributed by atoms with Gasteiger partial charge in [0.2, 0.25) is 0 Å². The Morgan fingerprint density at radius 2 is 2.33 bits per heavy atom. The van der Waals surface area contributed by atoms with Gasteiger partial charge in [0.25, 0.3) is 0 Å². The molecule has 1 aromatic heterocycles. The second-order valence-corrected chi connectivity index (χ2v) is 4.67. The van der Waals surface area contributed by atoms with Crippen molar-refractivity contribution in [1.82, 2.24) is 15.0 Å². The van der Waals surface area contributed by atoms with Crippen molar-refractivity contribution in [2.24, 2.45) is 5.84 Å². The summed E-state index contributed by atoms with van der Waals surface area (Å²) < 4.78 is 16.4. The van der Waals surface area contributed by atoms with Crippen LogP contribution in [0.1, 0.15) is 24.4 Å². The largest absolute Gasteiger partial charge is 0.334 e. The van der Waals surface area contributed by atoms with Crippen molar-refractivity contribution in [2.45, 2.75) is 19.5 Å². The lowest BCUT2D eigenvalue weighted by Crippen LogP contribution is -2.31. The number of aromatic nitrogens is 2. The number of benzene rings is 1. The van der Waals surface area contributed by atoms with Crippen LogP contribution in [-0.2, 0) is 6.54 Å². The smallest absolute Gasteiger partial charge is 0.142 e. The van der Waals surface area contributed by atoms with Gasteiger partial charge in [0.1, 0.15) is 17.7 Å². The van der Waals surface area contributed by atoms with Crippen LogP contribution in [0.25, 0.3) is 0 Å². The van der Waals surface area contributed by atoms with Gasteiger partial charge in [0.15, 0.2) is 0 Å². The minimum atomic E-state index is -0.475. The lowest BCUT2D eigenvalue weighted by molar-refractivity contribution is 0.521. The van der Waals surface area contributed by atoms with Gasteiger partial charge >= 0.3 is 0 Å². The van der Waals surface area contributed by atoms with E-state index in [0.29, 0.717) is 15.9 Å². The first-order valence-corrected chi connectivity index (χ1v) is 6.39. The molecule has 0 aliphatic rings. The number of hydrazine groups is 1. The Kier molecular flexibility index (Phi) is 4.11. The molecule has 0 radical (unpaired) electrons. The summed E-state index contributed by atoms with van der Waals surface area (Å²) in [4.78, 5) is 4.24. The SMILES string of the molecule is CCn1ccnc1C(NN)c1cccc(Br)c1F. The Morgan fingerprint density at radius 3 is 3.00 bits per heavy atom. The average molecular weight is 313 g/mol. The summed E-state index contributed by atoms with van der Waals surface area (Å²) in [5.41, 5.74) is 3.08. The number of hydrogen-bond donors (Lipinski definition) is 2. The van der Waals surface area contributed by atoms with E-state index in [2.05, 4.69) is 26.3 Å². The number of aryl methyl sites for hydroxylation is 1. The maximum absolute atomic E-state index is 14.1. The molecule has 96 valence electrons. The van der Waals surface area contributed by atoms with E-state index in [1.807, 2.05) is 17.7 Å². The quantitative estimate of drug-likeness (QED) is 0.673. The Bertz CT molecular complexity index is 541. The van der Waals surface area contributed by atoms with Crippen LogP contribution >= 0.6 is 15.9 Å². The van der Waals surface area contributed by atoms with Crippen molar-refractivity contribution in [3.63, 3.8) is 0 Å². The van der Waals surface area contributed by atoms with Gasteiger partial charge < -0.3 is 4.57 Å². The van der Waals surface area contributed by atoms with E-state index in [9.17, 15) is 4.39 Å². The van der Waals surface area contributed by atoms with Crippen LogP contribution in [0, 0.1) is 5.82 Å². The van der Waals surface area contributed by atoms with E-state index in [1.54, 1.807) is 24.4 Å². The molecule has 0 fully saturated rings. The van der Waals surface area contributed by atoms with Crippen molar-refractivity contribution in [3.05, 3.63) is 52.3 Å². The molecular weight excluding hydrogens is 299 g/mol. The Hall–Kier alpha value is -1.24. The number of rotatable bonds is 4. The monoisotopic (exact) mass is 312 g/mol. The number of nitrogens with two attached hydrogens (primary N) is 1. The predicted molar refractivity (Wildman–Crippen MR) is 71.2 cm³/mol. The number of nitrogens with one attached hydrogen (secondary N) is 1. The van der Waals surface area contributed by atoms with Gasteiger partial charge in [-0.05, 0) is 28.9 Å². The van der Waals surface area contributed by atoms with Gasteiger partial charge in [0.05, 0.1) is 4.47 Å². The van der Waals surface area contributed by atoms with Crippen LogP contribution in [0.4, 0.5) is 4.39 Å². The summed E-state index contributed by atoms with van der Waals surface area (Å²) in [6.07, 6.45) is 3.52. The Balaban J connectivity index is 2.49. The molecule has 0 aliphatic carbocycles. The summed E-state index contributed by atoms with van der Waals surface area (Å²) in [5, 5.41) is 0. The van der Waals surface area contributed by atoms with Crippen molar-refractivity contribution >= 4 is 15.9 Å². The third-order valence-corrected chi connectivity index (χ3v) is 3.42. The highest BCUT2D eigenvalue weighted by Crippen LogP contribution is 2.27. The summed E-state index contributed by atoms with van der Waals surface area (Å²) >= 11 is 3.17. The molecule has 0 aliphatic heterocycles. The summed E-state index contributed by atoms with van der Waals surface area (Å²) in [5.74, 6) is 5.92. The van der Waals surface area contributed by atoms with Crippen LogP contribution in [0.2, 0.25) is 0 Å². The highest BCUT2D eigenvalue weighted by molar-refractivity contribution is 9.10. The third kappa shape index (κ3) is 2.31. The fourth-order valence-electron chi connectivity index (χ4n) is 1.90. The lowest BCUT2D eigenvalue weighted by atomic mass is 10.1. The molecular formula is C12H14BrFN4. The first-order chi connectivity index (χ1) is 8.69. The normalized spacial score (nSPS) is 12.7. The fourth-order valence-corrected chi connectivity index (χ4v) is 2.28. The molecule has 4 nitrogen and oxygen atoms in total. The summed E-state index contributed by atoms with van der Waals surface area (Å²) in [6, 6.07) is 4.64. The van der Waals surface area contributed by atoms with E-state index in [4.69, 9.17) is 5.84 Å². The number of imidazole rings is 1. The van der Waals surface area contributed by atoms with Crippen molar-refractivity contribution in [3.8, 4) is 0 Å². The first-order valence-electron chi connectivity index (χ1n) is 5.60. The van der Waals surface area contributed by atoms with Gasteiger partial charge in [-0.2, -0.15) is 0 Å². The molecule has 18 heavy (non-hydrogen) atoms. The predicted octanol–water partition coefficient (Wildman–Crippen LogP) is 2.36.